The lowest BCUT2D eigenvalue weighted by molar-refractivity contribution is 0.122. The molecule has 0 saturated heterocycles. The molecule has 0 bridgehead atoms. The van der Waals surface area contributed by atoms with Crippen LogP contribution in [0.3, 0.4) is 0 Å². The van der Waals surface area contributed by atoms with Crippen molar-refractivity contribution in [2.75, 3.05) is 6.61 Å². The summed E-state index contributed by atoms with van der Waals surface area (Å²) in [6.07, 6.45) is 8.71. The Morgan fingerprint density at radius 1 is 1.40 bits per heavy atom. The molecule has 2 saturated carbocycles. The number of hydrogen-bond acceptors (Lipinski definition) is 4. The average Bonchev–Trinajstić information content (AvgIpc) is 3.26. The molecule has 2 fully saturated rings. The van der Waals surface area contributed by atoms with E-state index in [2.05, 4.69) is 10.3 Å². The van der Waals surface area contributed by atoms with Gasteiger partial charge in [-0.1, -0.05) is 18.0 Å². The zero-order chi connectivity index (χ0) is 14.0. The van der Waals surface area contributed by atoms with Crippen LogP contribution < -0.4 is 5.32 Å². The van der Waals surface area contributed by atoms with E-state index in [1.54, 1.807) is 6.20 Å². The Hall–Kier alpha value is -0.290. The van der Waals surface area contributed by atoms with E-state index in [9.17, 15) is 5.11 Å². The third-order valence-corrected chi connectivity index (χ3v) is 5.62. The van der Waals surface area contributed by atoms with Gasteiger partial charge in [-0.2, -0.15) is 0 Å². The lowest BCUT2D eigenvalue weighted by Crippen LogP contribution is -2.53. The molecule has 1 aromatic heterocycles. The number of hydrogen-bond donors (Lipinski definition) is 2. The number of thioether (sulfide) groups is 1. The first kappa shape index (κ1) is 14.6. The van der Waals surface area contributed by atoms with Crippen LogP contribution in [0.5, 0.6) is 0 Å². The molecule has 0 radical (unpaired) electrons. The summed E-state index contributed by atoms with van der Waals surface area (Å²) in [5.74, 6) is 0. The van der Waals surface area contributed by atoms with Crippen molar-refractivity contribution in [1.29, 1.82) is 0 Å². The molecule has 0 spiro atoms. The minimum Gasteiger partial charge on any atom is -0.394 e. The van der Waals surface area contributed by atoms with Gasteiger partial charge in [-0.15, -0.1) is 11.8 Å². The van der Waals surface area contributed by atoms with Gasteiger partial charge in [0.2, 0.25) is 0 Å². The Kier molecular flexibility index (Phi) is 4.55. The summed E-state index contributed by atoms with van der Waals surface area (Å²) in [7, 11) is 0. The maximum atomic E-state index is 9.83. The first-order valence-electron chi connectivity index (χ1n) is 7.36. The highest BCUT2D eigenvalue weighted by atomic mass is 35.5. The van der Waals surface area contributed by atoms with Crippen LogP contribution in [0.4, 0.5) is 0 Å². The fraction of sp³-hybridized carbons (Fsp3) is 0.667. The molecule has 2 aliphatic carbocycles. The molecule has 3 rings (SSSR count). The Labute approximate surface area is 129 Å². The van der Waals surface area contributed by atoms with Crippen LogP contribution in [0.25, 0.3) is 0 Å². The van der Waals surface area contributed by atoms with Crippen LogP contribution in [0, 0.1) is 0 Å². The van der Waals surface area contributed by atoms with E-state index < -0.39 is 0 Å². The summed E-state index contributed by atoms with van der Waals surface area (Å²) in [5, 5.41) is 15.7. The number of pyridine rings is 1. The summed E-state index contributed by atoms with van der Waals surface area (Å²) in [4.78, 5) is 4.37. The summed E-state index contributed by atoms with van der Waals surface area (Å²) in [6, 6.07) is 4.51. The lowest BCUT2D eigenvalue weighted by atomic mass is 9.82. The summed E-state index contributed by atoms with van der Waals surface area (Å²) in [6.45, 7) is 0.245. The third kappa shape index (κ3) is 3.67. The molecule has 0 aliphatic heterocycles. The van der Waals surface area contributed by atoms with E-state index in [1.807, 2.05) is 23.9 Å². The predicted octanol–water partition coefficient (Wildman–Crippen LogP) is 3.25. The van der Waals surface area contributed by atoms with Gasteiger partial charge in [0.15, 0.2) is 0 Å². The summed E-state index contributed by atoms with van der Waals surface area (Å²) < 4.78 is 0. The minimum absolute atomic E-state index is 0.0660. The molecule has 3 nitrogen and oxygen atoms in total. The summed E-state index contributed by atoms with van der Waals surface area (Å²) >= 11 is 7.69. The van der Waals surface area contributed by atoms with E-state index in [-0.39, 0.29) is 12.1 Å². The van der Waals surface area contributed by atoms with Gasteiger partial charge < -0.3 is 10.4 Å². The monoisotopic (exact) mass is 312 g/mol. The quantitative estimate of drug-likeness (QED) is 0.876. The second-order valence-electron chi connectivity index (χ2n) is 6.01. The van der Waals surface area contributed by atoms with E-state index in [0.29, 0.717) is 16.3 Å². The third-order valence-electron chi connectivity index (χ3n) is 4.18. The highest BCUT2D eigenvalue weighted by molar-refractivity contribution is 7.99. The SMILES string of the molecule is OCC1(NC2CC2)CCCC(Sc2ccc(Cl)cn2)C1. The van der Waals surface area contributed by atoms with Crippen molar-refractivity contribution < 1.29 is 5.11 Å². The molecule has 1 aromatic rings. The topological polar surface area (TPSA) is 45.1 Å². The standard InChI is InChI=1S/C15H21ClN2OS/c16-11-3-6-14(17-9-11)20-13-2-1-7-15(8-13,10-19)18-12-4-5-12/h3,6,9,12-13,18-19H,1-2,4-5,7-8,10H2. The Morgan fingerprint density at radius 3 is 2.90 bits per heavy atom. The fourth-order valence-corrected chi connectivity index (χ4v) is 4.39. The highest BCUT2D eigenvalue weighted by Gasteiger charge is 2.40. The van der Waals surface area contributed by atoms with Crippen molar-refractivity contribution in [3.8, 4) is 0 Å². The van der Waals surface area contributed by atoms with Crippen LogP contribution in [0.15, 0.2) is 23.4 Å². The van der Waals surface area contributed by atoms with Gasteiger partial charge in [0, 0.05) is 23.0 Å². The molecule has 2 atom stereocenters. The van der Waals surface area contributed by atoms with Crippen molar-refractivity contribution in [1.82, 2.24) is 10.3 Å². The summed E-state index contributed by atoms with van der Waals surface area (Å²) in [5.41, 5.74) is -0.0660. The Bertz CT molecular complexity index is 452. The largest absolute Gasteiger partial charge is 0.394 e. The number of nitrogens with one attached hydrogen (secondary N) is 1. The molecule has 20 heavy (non-hydrogen) atoms. The maximum Gasteiger partial charge on any atom is 0.0963 e. The van der Waals surface area contributed by atoms with Crippen molar-refractivity contribution in [2.24, 2.45) is 0 Å². The van der Waals surface area contributed by atoms with Gasteiger partial charge in [0.05, 0.1) is 16.7 Å². The van der Waals surface area contributed by atoms with Gasteiger partial charge in [-0.05, 0) is 44.2 Å². The van der Waals surface area contributed by atoms with Gasteiger partial charge in [-0.3, -0.25) is 0 Å². The Balaban J connectivity index is 1.63. The minimum atomic E-state index is -0.0660. The second kappa shape index (κ2) is 6.22. The molecule has 110 valence electrons. The number of aromatic nitrogens is 1. The zero-order valence-corrected chi connectivity index (χ0v) is 13.1. The lowest BCUT2D eigenvalue weighted by Gasteiger charge is -2.40. The molecule has 2 aliphatic rings. The normalized spacial score (nSPS) is 30.4. The number of nitrogens with zero attached hydrogens (tertiary/aromatic N) is 1. The van der Waals surface area contributed by atoms with Crippen molar-refractivity contribution in [3.63, 3.8) is 0 Å². The predicted molar refractivity (Wildman–Crippen MR) is 83.3 cm³/mol. The first-order valence-corrected chi connectivity index (χ1v) is 8.62. The van der Waals surface area contributed by atoms with Crippen LogP contribution >= 0.6 is 23.4 Å². The van der Waals surface area contributed by atoms with Gasteiger partial charge in [-0.25, -0.2) is 4.98 Å². The molecular weight excluding hydrogens is 292 g/mol. The number of rotatable bonds is 5. The van der Waals surface area contributed by atoms with Crippen LogP contribution in [0.2, 0.25) is 5.02 Å². The van der Waals surface area contributed by atoms with Crippen LogP contribution in [-0.4, -0.2) is 33.5 Å². The molecule has 5 heteroatoms. The Morgan fingerprint density at radius 2 is 2.25 bits per heavy atom. The smallest absolute Gasteiger partial charge is 0.0963 e. The van der Waals surface area contributed by atoms with Crippen LogP contribution in [0.1, 0.15) is 38.5 Å². The fourth-order valence-electron chi connectivity index (χ4n) is 2.99. The first-order chi connectivity index (χ1) is 9.69. The second-order valence-corrected chi connectivity index (χ2v) is 7.77. The number of aliphatic hydroxyl groups is 1. The molecule has 0 amide bonds. The van der Waals surface area contributed by atoms with Gasteiger partial charge >= 0.3 is 0 Å². The number of halogens is 1. The van der Waals surface area contributed by atoms with Gasteiger partial charge in [0.25, 0.3) is 0 Å². The average molecular weight is 313 g/mol. The van der Waals surface area contributed by atoms with E-state index in [1.165, 1.54) is 25.7 Å². The van der Waals surface area contributed by atoms with E-state index in [0.717, 1.165) is 17.9 Å². The molecule has 0 aromatic carbocycles. The van der Waals surface area contributed by atoms with Crippen molar-refractivity contribution in [2.45, 2.75) is 60.4 Å². The van der Waals surface area contributed by atoms with E-state index in [4.69, 9.17) is 11.6 Å². The number of aliphatic hydroxyl groups excluding tert-OH is 1. The molecule has 2 unspecified atom stereocenters. The van der Waals surface area contributed by atoms with Crippen molar-refractivity contribution >= 4 is 23.4 Å². The molecule has 1 heterocycles. The molecule has 2 N–H and O–H groups in total. The maximum absolute atomic E-state index is 9.83. The van der Waals surface area contributed by atoms with E-state index >= 15 is 0 Å². The van der Waals surface area contributed by atoms with Crippen LogP contribution in [-0.2, 0) is 0 Å². The highest BCUT2D eigenvalue weighted by Crippen LogP contribution is 2.39. The zero-order valence-electron chi connectivity index (χ0n) is 11.5. The molecular formula is C15H21ClN2OS. The van der Waals surface area contributed by atoms with Gasteiger partial charge in [0.1, 0.15) is 0 Å². The van der Waals surface area contributed by atoms with Crippen molar-refractivity contribution in [3.05, 3.63) is 23.4 Å².